The van der Waals surface area contributed by atoms with Gasteiger partial charge >= 0.3 is 17.9 Å². The van der Waals surface area contributed by atoms with Crippen LogP contribution in [-0.4, -0.2) is 37.2 Å². The Hall–Kier alpha value is -3.93. The minimum atomic E-state index is -0.805. The van der Waals surface area contributed by atoms with E-state index < -0.39 is 6.10 Å². The van der Waals surface area contributed by atoms with Gasteiger partial charge < -0.3 is 14.2 Å². The number of esters is 3. The van der Waals surface area contributed by atoms with Gasteiger partial charge in [0.1, 0.15) is 13.2 Å². The summed E-state index contributed by atoms with van der Waals surface area (Å²) in [5, 5.41) is 0. The molecule has 0 aliphatic carbocycles. The molecule has 0 aliphatic rings. The van der Waals surface area contributed by atoms with Gasteiger partial charge in [0.05, 0.1) is 0 Å². The maximum Gasteiger partial charge on any atom is 0.306 e. The van der Waals surface area contributed by atoms with Gasteiger partial charge in [0.2, 0.25) is 0 Å². The van der Waals surface area contributed by atoms with Crippen molar-refractivity contribution >= 4 is 17.9 Å². The first-order chi connectivity index (χ1) is 34.5. The van der Waals surface area contributed by atoms with E-state index in [0.717, 1.165) is 135 Å². The molecule has 70 heavy (non-hydrogen) atoms. The van der Waals surface area contributed by atoms with Gasteiger partial charge in [-0.15, -0.1) is 0 Å². The third kappa shape index (κ3) is 55.0. The van der Waals surface area contributed by atoms with Gasteiger partial charge in [-0.1, -0.05) is 220 Å². The summed E-state index contributed by atoms with van der Waals surface area (Å²) in [6, 6.07) is 0. The summed E-state index contributed by atoms with van der Waals surface area (Å²) in [7, 11) is 0. The molecule has 0 rings (SSSR count). The highest BCUT2D eigenvalue weighted by molar-refractivity contribution is 5.71. The van der Waals surface area contributed by atoms with Crippen molar-refractivity contribution < 1.29 is 28.6 Å². The van der Waals surface area contributed by atoms with Crippen LogP contribution in [0.5, 0.6) is 0 Å². The molecule has 0 spiro atoms. The first-order valence-electron chi connectivity index (χ1n) is 28.9. The topological polar surface area (TPSA) is 78.9 Å². The van der Waals surface area contributed by atoms with Crippen LogP contribution in [0.25, 0.3) is 0 Å². The Morgan fingerprint density at radius 2 is 0.557 bits per heavy atom. The Bertz CT molecular complexity index is 1440. The summed E-state index contributed by atoms with van der Waals surface area (Å²) >= 11 is 0. The fraction of sp³-hybridized carbons (Fsp3) is 0.672. The molecular formula is C64H106O6. The van der Waals surface area contributed by atoms with Gasteiger partial charge in [-0.2, -0.15) is 0 Å². The summed E-state index contributed by atoms with van der Waals surface area (Å²) in [4.78, 5) is 38.2. The van der Waals surface area contributed by atoms with Gasteiger partial charge in [-0.25, -0.2) is 0 Å². The van der Waals surface area contributed by atoms with Gasteiger partial charge in [-0.3, -0.25) is 14.4 Å². The maximum absolute atomic E-state index is 12.9. The molecule has 398 valence electrons. The lowest BCUT2D eigenvalue weighted by atomic mass is 10.1. The zero-order valence-corrected chi connectivity index (χ0v) is 45.5. The molecule has 0 heterocycles. The fourth-order valence-electron chi connectivity index (χ4n) is 7.65. The largest absolute Gasteiger partial charge is 0.462 e. The Labute approximate surface area is 431 Å². The first-order valence-corrected chi connectivity index (χ1v) is 28.9. The molecule has 0 aromatic carbocycles. The normalized spacial score (nSPS) is 12.9. The summed E-state index contributed by atoms with van der Waals surface area (Å²) in [5.41, 5.74) is 0. The Balaban J connectivity index is 4.49. The van der Waals surface area contributed by atoms with Crippen molar-refractivity contribution in [3.63, 3.8) is 0 Å². The molecule has 0 saturated carbocycles. The first kappa shape index (κ1) is 66.1. The van der Waals surface area contributed by atoms with Crippen LogP contribution in [0, 0.1) is 0 Å². The Kier molecular flexibility index (Phi) is 54.4. The van der Waals surface area contributed by atoms with Gasteiger partial charge in [0, 0.05) is 19.3 Å². The van der Waals surface area contributed by atoms with Crippen molar-refractivity contribution in [3.05, 3.63) is 109 Å². The van der Waals surface area contributed by atoms with E-state index in [4.69, 9.17) is 14.2 Å². The van der Waals surface area contributed by atoms with Crippen LogP contribution >= 0.6 is 0 Å². The SMILES string of the molecule is CC/C=C\C/C=C\C/C=C\C/C=C\C/C=C\CCCCCC(=O)OCC(COC(=O)CCCCCCC/C=C\C/C=C\CCCCC)OC(=O)CCCCCCCCC/C=C\C/C=C\CCCCCC. The van der Waals surface area contributed by atoms with Gasteiger partial charge in [0.25, 0.3) is 0 Å². The standard InChI is InChI=1S/C64H106O6/c1-4-7-10-13-16-19-22-25-28-30-32-34-36-39-42-45-48-51-54-57-63(66)69-60-61(59-68-62(65)56-53-50-47-44-41-38-35-27-24-21-18-15-12-9-6-3)70-64(67)58-55-52-49-46-43-40-37-33-31-29-26-23-20-17-14-11-8-5-2/h7,10,16,18-21,23,25,27-29,31-32,34-35,39,42,61H,4-6,8-9,11-15,17,22,24,26,30,33,36-38,40-41,43-60H2,1-3H3/b10-7-,19-16-,21-18-,23-20-,28-25-,31-29-,34-32-,35-27-,42-39-. The molecule has 0 aromatic rings. The summed E-state index contributed by atoms with van der Waals surface area (Å²) in [5.74, 6) is -0.953. The van der Waals surface area contributed by atoms with Crippen molar-refractivity contribution in [1.82, 2.24) is 0 Å². The van der Waals surface area contributed by atoms with E-state index in [1.54, 1.807) is 0 Å². The molecule has 0 radical (unpaired) electrons. The zero-order valence-electron chi connectivity index (χ0n) is 45.5. The second kappa shape index (κ2) is 57.6. The molecule has 0 amide bonds. The summed E-state index contributed by atoms with van der Waals surface area (Å²) in [6.07, 6.45) is 77.8. The monoisotopic (exact) mass is 971 g/mol. The number of ether oxygens (including phenoxy) is 3. The number of hydrogen-bond acceptors (Lipinski definition) is 6. The van der Waals surface area contributed by atoms with Crippen LogP contribution in [0.4, 0.5) is 0 Å². The van der Waals surface area contributed by atoms with Crippen LogP contribution in [0.1, 0.15) is 258 Å². The molecule has 0 saturated heterocycles. The smallest absolute Gasteiger partial charge is 0.306 e. The minimum Gasteiger partial charge on any atom is -0.462 e. The minimum absolute atomic E-state index is 0.101. The van der Waals surface area contributed by atoms with Crippen molar-refractivity contribution in [1.29, 1.82) is 0 Å². The van der Waals surface area contributed by atoms with Crippen LogP contribution in [0.15, 0.2) is 109 Å². The second-order valence-electron chi connectivity index (χ2n) is 18.8. The van der Waals surface area contributed by atoms with E-state index in [1.165, 1.54) is 83.5 Å². The second-order valence-corrected chi connectivity index (χ2v) is 18.8. The zero-order chi connectivity index (χ0) is 50.7. The number of carbonyl (C=O) groups excluding carboxylic acids is 3. The Morgan fingerprint density at radius 1 is 0.300 bits per heavy atom. The maximum atomic E-state index is 12.9. The summed E-state index contributed by atoms with van der Waals surface area (Å²) in [6.45, 7) is 6.44. The van der Waals surface area contributed by atoms with Crippen LogP contribution in [0.3, 0.4) is 0 Å². The van der Waals surface area contributed by atoms with E-state index in [9.17, 15) is 14.4 Å². The number of rotatable bonds is 51. The molecule has 0 N–H and O–H groups in total. The highest BCUT2D eigenvalue weighted by atomic mass is 16.6. The number of hydrogen-bond donors (Lipinski definition) is 0. The van der Waals surface area contributed by atoms with E-state index >= 15 is 0 Å². The van der Waals surface area contributed by atoms with Crippen LogP contribution in [0.2, 0.25) is 0 Å². The van der Waals surface area contributed by atoms with E-state index in [2.05, 4.69) is 130 Å². The van der Waals surface area contributed by atoms with Gasteiger partial charge in [-0.05, 0) is 128 Å². The van der Waals surface area contributed by atoms with Crippen molar-refractivity contribution in [2.45, 2.75) is 264 Å². The van der Waals surface area contributed by atoms with E-state index in [1.807, 2.05) is 0 Å². The average Bonchev–Trinajstić information content (AvgIpc) is 3.36. The van der Waals surface area contributed by atoms with Crippen LogP contribution in [-0.2, 0) is 28.6 Å². The van der Waals surface area contributed by atoms with Crippen LogP contribution < -0.4 is 0 Å². The van der Waals surface area contributed by atoms with E-state index in [-0.39, 0.29) is 31.1 Å². The molecule has 0 aliphatic heterocycles. The lowest BCUT2D eigenvalue weighted by molar-refractivity contribution is -0.167. The predicted octanol–water partition coefficient (Wildman–Crippen LogP) is 19.5. The van der Waals surface area contributed by atoms with Crippen molar-refractivity contribution in [2.75, 3.05) is 13.2 Å². The van der Waals surface area contributed by atoms with Gasteiger partial charge in [0.15, 0.2) is 6.10 Å². The van der Waals surface area contributed by atoms with Crippen molar-refractivity contribution in [3.8, 4) is 0 Å². The lowest BCUT2D eigenvalue weighted by Crippen LogP contribution is -2.30. The predicted molar refractivity (Wildman–Crippen MR) is 302 cm³/mol. The molecular weight excluding hydrogens is 865 g/mol. The highest BCUT2D eigenvalue weighted by Crippen LogP contribution is 2.14. The average molecular weight is 972 g/mol. The Morgan fingerprint density at radius 3 is 0.914 bits per heavy atom. The molecule has 0 fully saturated rings. The third-order valence-electron chi connectivity index (χ3n) is 12.0. The van der Waals surface area contributed by atoms with Crippen molar-refractivity contribution in [2.24, 2.45) is 0 Å². The molecule has 0 aromatic heterocycles. The molecule has 1 unspecified atom stereocenters. The number of carbonyl (C=O) groups is 3. The van der Waals surface area contributed by atoms with E-state index in [0.29, 0.717) is 19.3 Å². The lowest BCUT2D eigenvalue weighted by Gasteiger charge is -2.18. The quantitative estimate of drug-likeness (QED) is 0.0262. The number of unbranched alkanes of at least 4 members (excludes halogenated alkanes) is 22. The highest BCUT2D eigenvalue weighted by Gasteiger charge is 2.19. The molecule has 6 heteroatoms. The third-order valence-corrected chi connectivity index (χ3v) is 12.0. The fourth-order valence-corrected chi connectivity index (χ4v) is 7.65. The summed E-state index contributed by atoms with van der Waals surface area (Å²) < 4.78 is 16.8. The molecule has 6 nitrogen and oxygen atoms in total. The number of allylic oxidation sites excluding steroid dienone is 18. The molecule has 1 atom stereocenters. The molecule has 0 bridgehead atoms.